The number of H-pyrrole nitrogens is 1. The molecule has 1 amide bonds. The topological polar surface area (TPSA) is 66.9 Å². The Morgan fingerprint density at radius 3 is 2.85 bits per heavy atom. The molecule has 0 saturated carbocycles. The van der Waals surface area contributed by atoms with Gasteiger partial charge in [0.05, 0.1) is 5.56 Å². The number of amides is 1. The molecule has 0 bridgehead atoms. The van der Waals surface area contributed by atoms with Gasteiger partial charge in [-0.2, -0.15) is 0 Å². The molecule has 2 heterocycles. The van der Waals surface area contributed by atoms with Crippen LogP contribution in [0.15, 0.2) is 70.1 Å². The zero-order valence-electron chi connectivity index (χ0n) is 13.8. The fraction of sp³-hybridized carbons (Fsp3) is 0.100. The van der Waals surface area contributed by atoms with Crippen LogP contribution in [0.5, 0.6) is 0 Å². The second-order valence-electron chi connectivity index (χ2n) is 6.06. The molecule has 5 nitrogen and oxygen atoms in total. The summed E-state index contributed by atoms with van der Waals surface area (Å²) in [5.74, 6) is -0.244. The first-order valence-corrected chi connectivity index (χ1v) is 9.06. The number of rotatable bonds is 4. The molecule has 0 aliphatic carbocycles. The first kappa shape index (κ1) is 16.6. The third-order valence-corrected chi connectivity index (χ3v) is 4.86. The van der Waals surface area contributed by atoms with Crippen molar-refractivity contribution in [2.75, 3.05) is 6.54 Å². The molecule has 0 saturated heterocycles. The molecule has 2 aromatic carbocycles. The SMILES string of the molecule is O=C(NCCn1ccc2cc(Br)ccc21)c1cc(=O)[nH]c2ccccc12. The maximum absolute atomic E-state index is 12.6. The molecule has 0 aliphatic rings. The maximum atomic E-state index is 12.6. The van der Waals surface area contributed by atoms with Crippen molar-refractivity contribution in [3.63, 3.8) is 0 Å². The quantitative estimate of drug-likeness (QED) is 0.539. The number of pyridine rings is 1. The van der Waals surface area contributed by atoms with E-state index in [1.807, 2.05) is 42.6 Å². The van der Waals surface area contributed by atoms with Gasteiger partial charge in [-0.25, -0.2) is 0 Å². The molecular weight excluding hydrogens is 394 g/mol. The fourth-order valence-electron chi connectivity index (χ4n) is 3.14. The van der Waals surface area contributed by atoms with E-state index in [2.05, 4.69) is 36.9 Å². The molecular formula is C20H16BrN3O2. The van der Waals surface area contributed by atoms with Crippen LogP contribution in [0.1, 0.15) is 10.4 Å². The summed E-state index contributed by atoms with van der Waals surface area (Å²) in [5, 5.41) is 4.79. The summed E-state index contributed by atoms with van der Waals surface area (Å²) < 4.78 is 3.13. The average molecular weight is 410 g/mol. The van der Waals surface area contributed by atoms with Crippen molar-refractivity contribution < 1.29 is 4.79 Å². The molecule has 2 N–H and O–H groups in total. The summed E-state index contributed by atoms with van der Waals surface area (Å²) in [6, 6.07) is 16.8. The summed E-state index contributed by atoms with van der Waals surface area (Å²) in [6.07, 6.45) is 2.01. The van der Waals surface area contributed by atoms with Gasteiger partial charge in [0.25, 0.3) is 5.91 Å². The van der Waals surface area contributed by atoms with Crippen LogP contribution in [-0.2, 0) is 6.54 Å². The normalized spacial score (nSPS) is 11.1. The smallest absolute Gasteiger partial charge is 0.252 e. The van der Waals surface area contributed by atoms with Gasteiger partial charge in [0.15, 0.2) is 0 Å². The van der Waals surface area contributed by atoms with Crippen molar-refractivity contribution in [3.8, 4) is 0 Å². The van der Waals surface area contributed by atoms with Gasteiger partial charge in [-0.05, 0) is 30.3 Å². The second kappa shape index (κ2) is 6.80. The number of benzene rings is 2. The van der Waals surface area contributed by atoms with Crippen molar-refractivity contribution in [1.29, 1.82) is 0 Å². The van der Waals surface area contributed by atoms with E-state index in [-0.39, 0.29) is 11.5 Å². The van der Waals surface area contributed by atoms with E-state index >= 15 is 0 Å². The predicted molar refractivity (Wildman–Crippen MR) is 107 cm³/mol. The lowest BCUT2D eigenvalue weighted by Crippen LogP contribution is -2.28. The molecule has 4 aromatic rings. The number of nitrogens with zero attached hydrogens (tertiary/aromatic N) is 1. The molecule has 6 heteroatoms. The second-order valence-corrected chi connectivity index (χ2v) is 6.98. The van der Waals surface area contributed by atoms with Crippen LogP contribution in [0.3, 0.4) is 0 Å². The first-order valence-electron chi connectivity index (χ1n) is 8.26. The van der Waals surface area contributed by atoms with Crippen molar-refractivity contribution >= 4 is 43.6 Å². The van der Waals surface area contributed by atoms with E-state index < -0.39 is 0 Å². The predicted octanol–water partition coefficient (Wildman–Crippen LogP) is 3.68. The lowest BCUT2D eigenvalue weighted by atomic mass is 10.1. The molecule has 26 heavy (non-hydrogen) atoms. The van der Waals surface area contributed by atoms with Crippen LogP contribution in [0.4, 0.5) is 0 Å². The standard InChI is InChI=1S/C20H16BrN3O2/c21-14-5-6-18-13(11-14)7-9-24(18)10-8-22-20(26)16-12-19(25)23-17-4-2-1-3-15(16)17/h1-7,9,11-12H,8,10H2,(H,22,26)(H,23,25). The van der Waals surface area contributed by atoms with Crippen LogP contribution >= 0.6 is 15.9 Å². The summed E-state index contributed by atoms with van der Waals surface area (Å²) >= 11 is 3.47. The third-order valence-electron chi connectivity index (χ3n) is 4.37. The monoisotopic (exact) mass is 409 g/mol. The molecule has 4 rings (SSSR count). The zero-order chi connectivity index (χ0) is 18.1. The first-order chi connectivity index (χ1) is 12.6. The summed E-state index contributed by atoms with van der Waals surface area (Å²) in [7, 11) is 0. The van der Waals surface area contributed by atoms with E-state index in [1.165, 1.54) is 6.07 Å². The minimum Gasteiger partial charge on any atom is -0.350 e. The highest BCUT2D eigenvalue weighted by atomic mass is 79.9. The molecule has 0 unspecified atom stereocenters. The Hall–Kier alpha value is -2.86. The maximum Gasteiger partial charge on any atom is 0.252 e. The van der Waals surface area contributed by atoms with Gasteiger partial charge in [0, 0.05) is 51.6 Å². The third kappa shape index (κ3) is 3.15. The highest BCUT2D eigenvalue weighted by Crippen LogP contribution is 2.20. The summed E-state index contributed by atoms with van der Waals surface area (Å²) in [4.78, 5) is 27.1. The van der Waals surface area contributed by atoms with Gasteiger partial charge in [0.2, 0.25) is 5.56 Å². The van der Waals surface area contributed by atoms with Gasteiger partial charge in [-0.15, -0.1) is 0 Å². The van der Waals surface area contributed by atoms with Gasteiger partial charge in [-0.1, -0.05) is 34.1 Å². The Labute approximate surface area is 157 Å². The van der Waals surface area contributed by atoms with E-state index in [0.717, 1.165) is 20.8 Å². The highest BCUT2D eigenvalue weighted by Gasteiger charge is 2.11. The average Bonchev–Trinajstić information content (AvgIpc) is 3.03. The van der Waals surface area contributed by atoms with Crippen LogP contribution in [0.2, 0.25) is 0 Å². The van der Waals surface area contributed by atoms with E-state index in [1.54, 1.807) is 6.07 Å². The van der Waals surface area contributed by atoms with Crippen LogP contribution in [-0.4, -0.2) is 22.0 Å². The number of para-hydroxylation sites is 1. The lowest BCUT2D eigenvalue weighted by Gasteiger charge is -2.09. The molecule has 0 fully saturated rings. The van der Waals surface area contributed by atoms with Gasteiger partial charge in [0.1, 0.15) is 0 Å². The fourth-order valence-corrected chi connectivity index (χ4v) is 3.52. The van der Waals surface area contributed by atoms with E-state index in [9.17, 15) is 9.59 Å². The number of aromatic amines is 1. The number of nitrogens with one attached hydrogen (secondary N) is 2. The number of carbonyl (C=O) groups excluding carboxylic acids is 1. The highest BCUT2D eigenvalue weighted by molar-refractivity contribution is 9.10. The van der Waals surface area contributed by atoms with Crippen LogP contribution in [0, 0.1) is 0 Å². The van der Waals surface area contributed by atoms with Crippen molar-refractivity contribution in [1.82, 2.24) is 14.9 Å². The Bertz CT molecular complexity index is 1180. The summed E-state index contributed by atoms with van der Waals surface area (Å²) in [6.45, 7) is 1.12. The molecule has 2 aromatic heterocycles. The summed E-state index contributed by atoms with van der Waals surface area (Å²) in [5.41, 5.74) is 1.89. The Morgan fingerprint density at radius 2 is 1.96 bits per heavy atom. The van der Waals surface area contributed by atoms with Crippen molar-refractivity contribution in [2.45, 2.75) is 6.54 Å². The number of aromatic nitrogens is 2. The molecule has 0 atom stereocenters. The molecule has 0 aliphatic heterocycles. The Kier molecular flexibility index (Phi) is 4.34. The van der Waals surface area contributed by atoms with Crippen LogP contribution < -0.4 is 10.9 Å². The van der Waals surface area contributed by atoms with Gasteiger partial charge < -0.3 is 14.9 Å². The minimum absolute atomic E-state index is 0.244. The number of halogens is 1. The number of carbonyl (C=O) groups is 1. The van der Waals surface area contributed by atoms with Crippen molar-refractivity contribution in [3.05, 3.63) is 81.2 Å². The van der Waals surface area contributed by atoms with E-state index in [0.29, 0.717) is 24.2 Å². The zero-order valence-corrected chi connectivity index (χ0v) is 15.4. The number of fused-ring (bicyclic) bond motifs is 2. The minimum atomic E-state index is -0.282. The van der Waals surface area contributed by atoms with Gasteiger partial charge in [-0.3, -0.25) is 9.59 Å². The van der Waals surface area contributed by atoms with Crippen LogP contribution in [0.25, 0.3) is 21.8 Å². The molecule has 130 valence electrons. The Balaban J connectivity index is 1.51. The molecule has 0 radical (unpaired) electrons. The van der Waals surface area contributed by atoms with Gasteiger partial charge >= 0.3 is 0 Å². The lowest BCUT2D eigenvalue weighted by molar-refractivity contribution is 0.0954. The van der Waals surface area contributed by atoms with Crippen molar-refractivity contribution in [2.24, 2.45) is 0 Å². The largest absolute Gasteiger partial charge is 0.350 e. The Morgan fingerprint density at radius 1 is 1.12 bits per heavy atom. The van der Waals surface area contributed by atoms with E-state index in [4.69, 9.17) is 0 Å². The number of hydrogen-bond acceptors (Lipinski definition) is 2. The number of hydrogen-bond donors (Lipinski definition) is 2. The molecule has 0 spiro atoms.